The van der Waals surface area contributed by atoms with Gasteiger partial charge in [0.05, 0.1) is 6.61 Å². The molecule has 8 heteroatoms. The van der Waals surface area contributed by atoms with Gasteiger partial charge in [0.1, 0.15) is 0 Å². The zero-order valence-corrected chi connectivity index (χ0v) is 18.9. The maximum Gasteiger partial charge on any atom is 0.397 e. The van der Waals surface area contributed by atoms with E-state index >= 15 is 0 Å². The van der Waals surface area contributed by atoms with Crippen molar-refractivity contribution >= 4 is 16.4 Å². The molecule has 0 unspecified atom stereocenters. The first-order valence-electron chi connectivity index (χ1n) is 10.7. The lowest BCUT2D eigenvalue weighted by Gasteiger charge is -2.13. The quantitative estimate of drug-likeness (QED) is 0.225. The molecule has 4 N–H and O–H groups in total. The van der Waals surface area contributed by atoms with E-state index in [2.05, 4.69) is 25.0 Å². The minimum atomic E-state index is -4.23. The highest BCUT2D eigenvalue weighted by Crippen LogP contribution is 2.13. The summed E-state index contributed by atoms with van der Waals surface area (Å²) in [5.74, 6) is -0.0727. The molecule has 1 atom stereocenters. The number of nitrogens with two attached hydrogens (primary N) is 1. The van der Waals surface area contributed by atoms with Crippen LogP contribution in [0, 0.1) is 11.8 Å². The smallest absolute Gasteiger partial charge is 0.397 e. The number of rotatable bonds is 17. The average Bonchev–Trinajstić information content (AvgIpc) is 2.58. The van der Waals surface area contributed by atoms with Gasteiger partial charge in [-0.05, 0) is 31.2 Å². The second-order valence-electron chi connectivity index (χ2n) is 7.76. The van der Waals surface area contributed by atoms with Crippen molar-refractivity contribution in [3.05, 3.63) is 0 Å². The third kappa shape index (κ3) is 27.5. The van der Waals surface area contributed by atoms with Gasteiger partial charge in [-0.1, -0.05) is 78.6 Å². The van der Waals surface area contributed by atoms with E-state index in [1.807, 2.05) is 0 Å². The fraction of sp³-hybridized carbons (Fsp3) is 0.950. The Bertz CT molecular complexity index is 454. The van der Waals surface area contributed by atoms with Crippen molar-refractivity contribution in [2.45, 2.75) is 97.8 Å². The van der Waals surface area contributed by atoms with E-state index in [4.69, 9.17) is 15.4 Å². The van der Waals surface area contributed by atoms with Crippen LogP contribution in [0.2, 0.25) is 0 Å². The van der Waals surface area contributed by atoms with E-state index in [-0.39, 0.29) is 18.9 Å². The molecule has 0 heterocycles. The zero-order valence-electron chi connectivity index (χ0n) is 18.1. The molecule has 0 aliphatic heterocycles. The van der Waals surface area contributed by atoms with Crippen molar-refractivity contribution in [1.82, 2.24) is 0 Å². The maximum atomic E-state index is 10.3. The van der Waals surface area contributed by atoms with Gasteiger partial charge in [-0.3, -0.25) is 9.35 Å². The summed E-state index contributed by atoms with van der Waals surface area (Å²) >= 11 is 0. The fourth-order valence-electron chi connectivity index (χ4n) is 2.93. The first-order valence-corrected chi connectivity index (χ1v) is 12.0. The summed E-state index contributed by atoms with van der Waals surface area (Å²) in [5, 5.41) is 8.47. The summed E-state index contributed by atoms with van der Waals surface area (Å²) in [6, 6.07) is 0. The molecular weight excluding hydrogens is 382 g/mol. The van der Waals surface area contributed by atoms with Gasteiger partial charge in [0, 0.05) is 6.42 Å². The van der Waals surface area contributed by atoms with Crippen molar-refractivity contribution in [2.24, 2.45) is 17.6 Å². The minimum Gasteiger partial charge on any atom is -0.481 e. The Balaban J connectivity index is 0. The van der Waals surface area contributed by atoms with Gasteiger partial charge >= 0.3 is 16.4 Å². The van der Waals surface area contributed by atoms with Crippen LogP contribution in [-0.2, 0) is 19.4 Å². The van der Waals surface area contributed by atoms with Crippen molar-refractivity contribution in [3.8, 4) is 0 Å². The topological polar surface area (TPSA) is 127 Å². The third-order valence-electron chi connectivity index (χ3n) is 4.33. The van der Waals surface area contributed by atoms with E-state index in [0.29, 0.717) is 18.9 Å². The molecular formula is C20H43NO6S. The Kier molecular flexibility index (Phi) is 20.7. The Morgan fingerprint density at radius 2 is 1.43 bits per heavy atom. The van der Waals surface area contributed by atoms with Crippen LogP contribution in [0.3, 0.4) is 0 Å². The third-order valence-corrected chi connectivity index (χ3v) is 4.80. The number of aliphatic carboxylic acids is 1. The molecule has 0 spiro atoms. The lowest BCUT2D eigenvalue weighted by molar-refractivity contribution is -0.138. The van der Waals surface area contributed by atoms with Crippen molar-refractivity contribution in [2.75, 3.05) is 13.2 Å². The van der Waals surface area contributed by atoms with E-state index < -0.39 is 16.4 Å². The van der Waals surface area contributed by atoms with Crippen LogP contribution in [0.4, 0.5) is 0 Å². The van der Waals surface area contributed by atoms with Crippen molar-refractivity contribution in [1.29, 1.82) is 0 Å². The summed E-state index contributed by atoms with van der Waals surface area (Å²) < 4.78 is 33.0. The maximum absolute atomic E-state index is 10.3. The first-order chi connectivity index (χ1) is 13.1. The van der Waals surface area contributed by atoms with Crippen LogP contribution >= 0.6 is 0 Å². The van der Waals surface area contributed by atoms with Crippen LogP contribution in [0.1, 0.15) is 97.8 Å². The zero-order chi connectivity index (χ0) is 21.8. The SMILES string of the molecule is CC(C)C[C@H](CN)CC(=O)O.CCCCCCCCCCCCOS(=O)(=O)O. The normalized spacial score (nSPS) is 12.5. The Hall–Kier alpha value is -0.700. The van der Waals surface area contributed by atoms with Gasteiger partial charge in [-0.2, -0.15) is 8.42 Å². The predicted octanol–water partition coefficient (Wildman–Crippen LogP) is 4.81. The van der Waals surface area contributed by atoms with Crippen molar-refractivity contribution in [3.63, 3.8) is 0 Å². The molecule has 0 fully saturated rings. The van der Waals surface area contributed by atoms with Crippen LogP contribution < -0.4 is 5.73 Å². The molecule has 0 aromatic rings. The summed E-state index contributed by atoms with van der Waals surface area (Å²) in [4.78, 5) is 10.3. The van der Waals surface area contributed by atoms with Crippen molar-refractivity contribution < 1.29 is 27.1 Å². The fourth-order valence-corrected chi connectivity index (χ4v) is 3.26. The molecule has 0 saturated carbocycles. The van der Waals surface area contributed by atoms with E-state index in [9.17, 15) is 13.2 Å². The number of unbranched alkanes of at least 4 members (excludes halogenated alkanes) is 9. The second-order valence-corrected chi connectivity index (χ2v) is 8.85. The number of carbonyl (C=O) groups is 1. The highest BCUT2D eigenvalue weighted by atomic mass is 32.3. The largest absolute Gasteiger partial charge is 0.481 e. The molecule has 170 valence electrons. The van der Waals surface area contributed by atoms with Gasteiger partial charge in [-0.25, -0.2) is 4.18 Å². The average molecular weight is 426 g/mol. The van der Waals surface area contributed by atoms with Crippen LogP contribution in [-0.4, -0.2) is 37.2 Å². The summed E-state index contributed by atoms with van der Waals surface area (Å²) in [6.45, 7) is 6.93. The molecule has 0 amide bonds. The van der Waals surface area contributed by atoms with Gasteiger partial charge in [0.25, 0.3) is 0 Å². The molecule has 0 bridgehead atoms. The standard InChI is InChI=1S/C12H26O4S.C8H17NO2/c1-2-3-4-5-6-7-8-9-10-11-12-16-17(13,14)15;1-6(2)3-7(5-9)4-8(10)11/h2-12H2,1H3,(H,13,14,15);6-7H,3-5,9H2,1-2H3,(H,10,11)/t;7-/m.0/s1. The van der Waals surface area contributed by atoms with Crippen LogP contribution in [0.25, 0.3) is 0 Å². The lowest BCUT2D eigenvalue weighted by atomic mass is 9.94. The molecule has 0 saturated heterocycles. The van der Waals surface area contributed by atoms with E-state index in [1.165, 1.54) is 44.9 Å². The molecule has 0 aromatic heterocycles. The number of hydrogen-bond donors (Lipinski definition) is 3. The molecule has 0 aliphatic rings. The van der Waals surface area contributed by atoms with Gasteiger partial charge in [-0.15, -0.1) is 0 Å². The summed E-state index contributed by atoms with van der Waals surface area (Å²) in [7, 11) is -4.23. The molecule has 28 heavy (non-hydrogen) atoms. The number of hydrogen-bond acceptors (Lipinski definition) is 5. The van der Waals surface area contributed by atoms with Gasteiger partial charge < -0.3 is 10.8 Å². The number of carboxylic acid groups (broad SMARTS) is 1. The van der Waals surface area contributed by atoms with E-state index in [1.54, 1.807) is 0 Å². The Morgan fingerprint density at radius 3 is 1.79 bits per heavy atom. The predicted molar refractivity (Wildman–Crippen MR) is 114 cm³/mol. The monoisotopic (exact) mass is 425 g/mol. The molecule has 0 aromatic carbocycles. The van der Waals surface area contributed by atoms with Gasteiger partial charge in [0.2, 0.25) is 0 Å². The molecule has 0 radical (unpaired) electrons. The number of carboxylic acids is 1. The van der Waals surface area contributed by atoms with E-state index in [0.717, 1.165) is 19.3 Å². The van der Waals surface area contributed by atoms with Gasteiger partial charge in [0.15, 0.2) is 0 Å². The molecule has 0 aliphatic carbocycles. The lowest BCUT2D eigenvalue weighted by Crippen LogP contribution is -2.19. The van der Waals surface area contributed by atoms with Crippen LogP contribution in [0.15, 0.2) is 0 Å². The minimum absolute atomic E-state index is 0.0926. The summed E-state index contributed by atoms with van der Waals surface area (Å²) in [5.41, 5.74) is 5.41. The Labute approximate surface area is 172 Å². The highest BCUT2D eigenvalue weighted by Gasteiger charge is 2.12. The highest BCUT2D eigenvalue weighted by molar-refractivity contribution is 7.80. The molecule has 0 rings (SSSR count). The first kappa shape index (κ1) is 29.5. The Morgan fingerprint density at radius 1 is 0.964 bits per heavy atom. The molecule has 7 nitrogen and oxygen atoms in total. The van der Waals surface area contributed by atoms with Crippen LogP contribution in [0.5, 0.6) is 0 Å². The second kappa shape index (κ2) is 19.6. The summed E-state index contributed by atoms with van der Waals surface area (Å²) in [6.07, 6.45) is 13.0.